The van der Waals surface area contributed by atoms with Gasteiger partial charge in [-0.25, -0.2) is 4.68 Å². The van der Waals surface area contributed by atoms with Gasteiger partial charge in [-0.1, -0.05) is 42.1 Å². The lowest BCUT2D eigenvalue weighted by Crippen LogP contribution is -2.32. The largest absolute Gasteiger partial charge is 0.355 e. The Bertz CT molecular complexity index is 557. The number of nitrogens with zero attached hydrogens (tertiary/aromatic N) is 3. The molecule has 2 aromatic rings. The standard InChI is InChI=1S/C13H17N5OS/c1-10(20-13-17-16-9-18(13)14)12(19)15-8-7-11-5-3-2-4-6-11/h2-6,9-10H,7-8,14H2,1H3,(H,15,19)/t10-/m0/s1. The van der Waals surface area contributed by atoms with Crippen LogP contribution in [0.15, 0.2) is 41.8 Å². The minimum atomic E-state index is -0.266. The number of carbonyl (C=O) groups excluding carboxylic acids is 1. The molecule has 0 bridgehead atoms. The maximum absolute atomic E-state index is 11.9. The Morgan fingerprint density at radius 3 is 2.85 bits per heavy atom. The van der Waals surface area contributed by atoms with E-state index in [9.17, 15) is 4.79 Å². The number of hydrogen-bond acceptors (Lipinski definition) is 5. The van der Waals surface area contributed by atoms with Crippen LogP contribution in [0.2, 0.25) is 0 Å². The summed E-state index contributed by atoms with van der Waals surface area (Å²) in [6, 6.07) is 10.0. The van der Waals surface area contributed by atoms with E-state index in [1.54, 1.807) is 0 Å². The van der Waals surface area contributed by atoms with E-state index >= 15 is 0 Å². The molecule has 0 aliphatic rings. The highest BCUT2D eigenvalue weighted by atomic mass is 32.2. The summed E-state index contributed by atoms with van der Waals surface area (Å²) in [5.74, 6) is 5.57. The summed E-state index contributed by atoms with van der Waals surface area (Å²) in [6.07, 6.45) is 2.22. The number of rotatable bonds is 6. The molecule has 0 unspecified atom stereocenters. The van der Waals surface area contributed by atoms with Gasteiger partial charge < -0.3 is 11.2 Å². The first kappa shape index (κ1) is 14.4. The molecule has 0 fully saturated rings. The van der Waals surface area contributed by atoms with Crippen LogP contribution in [0, 0.1) is 0 Å². The summed E-state index contributed by atoms with van der Waals surface area (Å²) in [6.45, 7) is 2.43. The van der Waals surface area contributed by atoms with Crippen molar-refractivity contribution in [3.05, 3.63) is 42.2 Å². The van der Waals surface area contributed by atoms with E-state index < -0.39 is 0 Å². The Balaban J connectivity index is 1.76. The zero-order valence-corrected chi connectivity index (χ0v) is 12.0. The highest BCUT2D eigenvalue weighted by Crippen LogP contribution is 2.19. The third kappa shape index (κ3) is 3.99. The van der Waals surface area contributed by atoms with Gasteiger partial charge in [0.1, 0.15) is 6.33 Å². The summed E-state index contributed by atoms with van der Waals surface area (Å²) < 4.78 is 1.30. The highest BCUT2D eigenvalue weighted by Gasteiger charge is 2.16. The second kappa shape index (κ2) is 6.95. The maximum Gasteiger partial charge on any atom is 0.233 e. The Kier molecular flexibility index (Phi) is 5.00. The van der Waals surface area contributed by atoms with Crippen molar-refractivity contribution in [3.63, 3.8) is 0 Å². The molecular weight excluding hydrogens is 274 g/mol. The zero-order valence-electron chi connectivity index (χ0n) is 11.2. The van der Waals surface area contributed by atoms with E-state index in [0.717, 1.165) is 6.42 Å². The molecule has 7 heteroatoms. The van der Waals surface area contributed by atoms with E-state index in [0.29, 0.717) is 11.7 Å². The molecule has 1 amide bonds. The zero-order chi connectivity index (χ0) is 14.4. The average Bonchev–Trinajstić information content (AvgIpc) is 2.85. The van der Waals surface area contributed by atoms with E-state index in [2.05, 4.69) is 15.5 Å². The molecule has 0 saturated heterocycles. The predicted molar refractivity (Wildman–Crippen MR) is 78.6 cm³/mol. The van der Waals surface area contributed by atoms with Crippen LogP contribution in [0.3, 0.4) is 0 Å². The molecule has 0 aliphatic heterocycles. The lowest BCUT2D eigenvalue weighted by atomic mass is 10.1. The fourth-order valence-corrected chi connectivity index (χ4v) is 2.42. The van der Waals surface area contributed by atoms with Crippen LogP contribution in [0.1, 0.15) is 12.5 Å². The first-order chi connectivity index (χ1) is 9.66. The normalized spacial score (nSPS) is 12.1. The minimum absolute atomic E-state index is 0.0334. The van der Waals surface area contributed by atoms with Gasteiger partial charge in [-0.2, -0.15) is 0 Å². The van der Waals surface area contributed by atoms with Crippen molar-refractivity contribution in [2.24, 2.45) is 0 Å². The summed E-state index contributed by atoms with van der Waals surface area (Å²) in [4.78, 5) is 11.9. The molecule has 6 nitrogen and oxygen atoms in total. The van der Waals surface area contributed by atoms with Gasteiger partial charge in [0.25, 0.3) is 0 Å². The molecule has 1 atom stereocenters. The Morgan fingerprint density at radius 1 is 1.45 bits per heavy atom. The van der Waals surface area contributed by atoms with E-state index in [1.807, 2.05) is 37.3 Å². The Hall–Kier alpha value is -2.02. The topological polar surface area (TPSA) is 85.8 Å². The van der Waals surface area contributed by atoms with Crippen LogP contribution >= 0.6 is 11.8 Å². The first-order valence-electron chi connectivity index (χ1n) is 6.30. The van der Waals surface area contributed by atoms with Gasteiger partial charge in [0.15, 0.2) is 0 Å². The second-order valence-corrected chi connectivity index (χ2v) is 5.62. The minimum Gasteiger partial charge on any atom is -0.355 e. The van der Waals surface area contributed by atoms with E-state index in [4.69, 9.17) is 5.84 Å². The fraction of sp³-hybridized carbons (Fsp3) is 0.308. The number of amides is 1. The molecule has 0 spiro atoms. The van der Waals surface area contributed by atoms with Gasteiger partial charge in [-0.05, 0) is 18.9 Å². The lowest BCUT2D eigenvalue weighted by Gasteiger charge is -2.11. The van der Waals surface area contributed by atoms with Crippen molar-refractivity contribution in [1.82, 2.24) is 20.2 Å². The number of nitrogens with one attached hydrogen (secondary N) is 1. The number of aromatic nitrogens is 3. The Morgan fingerprint density at radius 2 is 2.20 bits per heavy atom. The van der Waals surface area contributed by atoms with Gasteiger partial charge in [0.05, 0.1) is 5.25 Å². The lowest BCUT2D eigenvalue weighted by molar-refractivity contribution is -0.120. The van der Waals surface area contributed by atoms with Crippen LogP contribution in [-0.2, 0) is 11.2 Å². The van der Waals surface area contributed by atoms with Crippen molar-refractivity contribution >= 4 is 17.7 Å². The summed E-state index contributed by atoms with van der Waals surface area (Å²) in [7, 11) is 0. The van der Waals surface area contributed by atoms with Crippen LogP contribution < -0.4 is 11.2 Å². The molecule has 1 aromatic carbocycles. The summed E-state index contributed by atoms with van der Waals surface area (Å²) >= 11 is 1.28. The smallest absolute Gasteiger partial charge is 0.233 e. The van der Waals surface area contributed by atoms with Crippen LogP contribution in [0.25, 0.3) is 0 Å². The number of carbonyl (C=O) groups is 1. The van der Waals surface area contributed by atoms with Gasteiger partial charge in [0.2, 0.25) is 11.1 Å². The molecule has 2 rings (SSSR count). The molecule has 106 valence electrons. The fourth-order valence-electron chi connectivity index (χ4n) is 1.65. The Labute approximate surface area is 121 Å². The van der Waals surface area contributed by atoms with Crippen LogP contribution in [-0.4, -0.2) is 32.6 Å². The molecule has 0 radical (unpaired) electrons. The third-order valence-corrected chi connectivity index (χ3v) is 3.82. The predicted octanol–water partition coefficient (Wildman–Crippen LogP) is 0.831. The number of benzene rings is 1. The van der Waals surface area contributed by atoms with Crippen LogP contribution in [0.5, 0.6) is 0 Å². The maximum atomic E-state index is 11.9. The quantitative estimate of drug-likeness (QED) is 0.608. The SMILES string of the molecule is C[C@H](Sc1nncn1N)C(=O)NCCc1ccccc1. The van der Waals surface area contributed by atoms with Crippen molar-refractivity contribution < 1.29 is 4.79 Å². The number of hydrogen-bond donors (Lipinski definition) is 2. The summed E-state index contributed by atoms with van der Waals surface area (Å²) in [5, 5.41) is 10.7. The van der Waals surface area contributed by atoms with Crippen LogP contribution in [0.4, 0.5) is 0 Å². The molecule has 0 aliphatic carbocycles. The van der Waals surface area contributed by atoms with Crippen molar-refractivity contribution in [2.75, 3.05) is 12.4 Å². The highest BCUT2D eigenvalue weighted by molar-refractivity contribution is 8.00. The monoisotopic (exact) mass is 291 g/mol. The molecule has 3 N–H and O–H groups in total. The van der Waals surface area contributed by atoms with Crippen molar-refractivity contribution in [2.45, 2.75) is 23.8 Å². The third-order valence-electron chi connectivity index (χ3n) is 2.75. The molecule has 20 heavy (non-hydrogen) atoms. The van der Waals surface area contributed by atoms with E-state index in [1.165, 1.54) is 28.3 Å². The molecule has 1 heterocycles. The average molecular weight is 291 g/mol. The summed E-state index contributed by atoms with van der Waals surface area (Å²) in [5.41, 5.74) is 1.20. The van der Waals surface area contributed by atoms with Gasteiger partial charge in [-0.3, -0.25) is 4.79 Å². The van der Waals surface area contributed by atoms with Gasteiger partial charge in [0, 0.05) is 6.54 Å². The van der Waals surface area contributed by atoms with Crippen molar-refractivity contribution in [3.8, 4) is 0 Å². The number of nitrogen functional groups attached to an aromatic ring is 1. The van der Waals surface area contributed by atoms with E-state index in [-0.39, 0.29) is 11.2 Å². The van der Waals surface area contributed by atoms with Gasteiger partial charge >= 0.3 is 0 Å². The van der Waals surface area contributed by atoms with Gasteiger partial charge in [-0.15, -0.1) is 10.2 Å². The molecular formula is C13H17N5OS. The first-order valence-corrected chi connectivity index (χ1v) is 7.18. The second-order valence-electron chi connectivity index (χ2n) is 4.31. The molecule has 0 saturated carbocycles. The number of thioether (sulfide) groups is 1. The van der Waals surface area contributed by atoms with Crippen molar-refractivity contribution in [1.29, 1.82) is 0 Å². The number of nitrogens with two attached hydrogens (primary N) is 1. The molecule has 1 aromatic heterocycles.